The van der Waals surface area contributed by atoms with Gasteiger partial charge in [-0.1, -0.05) is 24.3 Å². The van der Waals surface area contributed by atoms with E-state index in [0.29, 0.717) is 17.9 Å². The quantitative estimate of drug-likeness (QED) is 0.241. The van der Waals surface area contributed by atoms with Crippen LogP contribution in [0.3, 0.4) is 0 Å². The van der Waals surface area contributed by atoms with E-state index in [1.165, 1.54) is 29.2 Å². The first-order valence-corrected chi connectivity index (χ1v) is 13.3. The fraction of sp³-hybridized carbons (Fsp3) is 0.370. The molecule has 37 heavy (non-hydrogen) atoms. The molecule has 1 atom stereocenters. The zero-order valence-electron chi connectivity index (χ0n) is 21.1. The molecule has 9 nitrogen and oxygen atoms in total. The number of ether oxygens (including phenoxy) is 2. The molecule has 0 saturated carbocycles. The zero-order valence-corrected chi connectivity index (χ0v) is 21.9. The third-order valence-corrected chi connectivity index (χ3v) is 7.84. The van der Waals surface area contributed by atoms with E-state index >= 15 is 0 Å². The summed E-state index contributed by atoms with van der Waals surface area (Å²) in [6.45, 7) is 4.23. The number of H-pyrrole nitrogens is 1. The van der Waals surface area contributed by atoms with Gasteiger partial charge in [0.25, 0.3) is 0 Å². The minimum atomic E-state index is -0.455. The van der Waals surface area contributed by atoms with Crippen molar-refractivity contribution < 1.29 is 14.6 Å². The van der Waals surface area contributed by atoms with Crippen LogP contribution in [0.5, 0.6) is 11.5 Å². The van der Waals surface area contributed by atoms with E-state index in [1.807, 2.05) is 24.3 Å². The molecule has 5 rings (SSSR count). The maximum Gasteiger partial charge on any atom is 0.181 e. The number of aliphatic hydroxyl groups excluding tert-OH is 1. The molecule has 194 valence electrons. The molecule has 0 aliphatic carbocycles. The first-order valence-electron chi connectivity index (χ1n) is 12.3. The highest BCUT2D eigenvalue weighted by atomic mass is 32.2. The number of nitrogens with zero attached hydrogens (tertiary/aromatic N) is 5. The van der Waals surface area contributed by atoms with Gasteiger partial charge < -0.3 is 19.6 Å². The van der Waals surface area contributed by atoms with Gasteiger partial charge >= 0.3 is 0 Å². The SMILES string of the molecule is COc1ccc(C(c2ccc(OC)cc2)N2CCN(CC(O)CSc3ncnc4nc[nH]c34)CC2)cc1. The summed E-state index contributed by atoms with van der Waals surface area (Å²) in [4.78, 5) is 20.6. The Bertz CT molecular complexity index is 1230. The number of fused-ring (bicyclic) bond motifs is 1. The van der Waals surface area contributed by atoms with Gasteiger partial charge in [-0.15, -0.1) is 11.8 Å². The predicted octanol–water partition coefficient (Wildman–Crippen LogP) is 3.23. The molecule has 1 saturated heterocycles. The number of piperazine rings is 1. The van der Waals surface area contributed by atoms with Gasteiger partial charge in [-0.05, 0) is 35.4 Å². The Hall–Kier alpha value is -3.18. The number of aromatic nitrogens is 4. The zero-order chi connectivity index (χ0) is 25.6. The van der Waals surface area contributed by atoms with Crippen LogP contribution in [0.4, 0.5) is 0 Å². The molecule has 1 aliphatic rings. The molecule has 1 unspecified atom stereocenters. The largest absolute Gasteiger partial charge is 0.497 e. The predicted molar refractivity (Wildman–Crippen MR) is 144 cm³/mol. The van der Waals surface area contributed by atoms with Crippen LogP contribution < -0.4 is 9.47 Å². The monoisotopic (exact) mass is 520 g/mol. The average Bonchev–Trinajstić information content (AvgIpc) is 3.43. The van der Waals surface area contributed by atoms with Crippen molar-refractivity contribution in [2.45, 2.75) is 17.2 Å². The highest BCUT2D eigenvalue weighted by Crippen LogP contribution is 2.32. The van der Waals surface area contributed by atoms with Crippen LogP contribution in [0.15, 0.2) is 66.2 Å². The number of benzene rings is 2. The van der Waals surface area contributed by atoms with E-state index in [4.69, 9.17) is 9.47 Å². The van der Waals surface area contributed by atoms with E-state index in [2.05, 4.69) is 54.0 Å². The van der Waals surface area contributed by atoms with E-state index in [9.17, 15) is 5.11 Å². The summed E-state index contributed by atoms with van der Waals surface area (Å²) in [5.74, 6) is 2.26. The molecule has 1 fully saturated rings. The maximum atomic E-state index is 10.7. The topological polar surface area (TPSA) is 99.6 Å². The summed E-state index contributed by atoms with van der Waals surface area (Å²) in [6.07, 6.45) is 2.67. The highest BCUT2D eigenvalue weighted by molar-refractivity contribution is 7.99. The molecule has 4 aromatic rings. The van der Waals surface area contributed by atoms with E-state index in [-0.39, 0.29) is 6.04 Å². The standard InChI is InChI=1S/C27H32N6O3S/c1-35-22-7-3-19(4-8-22)25(20-5-9-23(36-2)10-6-20)33-13-11-32(12-14-33)15-21(34)16-37-27-24-26(29-17-28-24)30-18-31-27/h3-10,17-18,21,25,34H,11-16H2,1-2H3,(H,28,29,30,31). The van der Waals surface area contributed by atoms with E-state index < -0.39 is 6.10 Å². The van der Waals surface area contributed by atoms with Crippen molar-refractivity contribution in [1.82, 2.24) is 29.7 Å². The van der Waals surface area contributed by atoms with Gasteiger partial charge in [-0.3, -0.25) is 9.80 Å². The van der Waals surface area contributed by atoms with Crippen LogP contribution >= 0.6 is 11.8 Å². The molecule has 2 aromatic carbocycles. The molecular formula is C27H32N6O3S. The lowest BCUT2D eigenvalue weighted by atomic mass is 9.96. The van der Waals surface area contributed by atoms with Crippen molar-refractivity contribution >= 4 is 22.9 Å². The Morgan fingerprint density at radius 1 is 0.892 bits per heavy atom. The number of hydrogen-bond acceptors (Lipinski definition) is 9. The van der Waals surface area contributed by atoms with Crippen LogP contribution in [0.1, 0.15) is 17.2 Å². The van der Waals surface area contributed by atoms with Crippen LogP contribution in [-0.4, -0.2) is 93.6 Å². The number of thioether (sulfide) groups is 1. The first kappa shape index (κ1) is 25.5. The lowest BCUT2D eigenvalue weighted by Crippen LogP contribution is -2.49. The van der Waals surface area contributed by atoms with Gasteiger partial charge in [0.05, 0.1) is 32.7 Å². The number of aromatic amines is 1. The van der Waals surface area contributed by atoms with E-state index in [0.717, 1.165) is 48.2 Å². The smallest absolute Gasteiger partial charge is 0.181 e. The summed E-state index contributed by atoms with van der Waals surface area (Å²) in [6, 6.07) is 16.8. The van der Waals surface area contributed by atoms with Crippen LogP contribution in [0.2, 0.25) is 0 Å². The molecule has 10 heteroatoms. The van der Waals surface area contributed by atoms with Crippen molar-refractivity contribution in [3.05, 3.63) is 72.3 Å². The number of β-amino-alcohol motifs (C(OH)–C–C–N with tert-alkyl or cyclic N) is 1. The molecule has 0 amide bonds. The number of rotatable bonds is 10. The van der Waals surface area contributed by atoms with Gasteiger partial charge in [-0.25, -0.2) is 15.0 Å². The summed E-state index contributed by atoms with van der Waals surface area (Å²) < 4.78 is 10.7. The molecule has 2 aromatic heterocycles. The second-order valence-corrected chi connectivity index (χ2v) is 10.0. The van der Waals surface area contributed by atoms with E-state index in [1.54, 1.807) is 20.5 Å². The number of aliphatic hydroxyl groups is 1. The van der Waals surface area contributed by atoms with Gasteiger partial charge in [-0.2, -0.15) is 0 Å². The summed E-state index contributed by atoms with van der Waals surface area (Å²) in [5.41, 5.74) is 3.92. The second kappa shape index (κ2) is 11.9. The van der Waals surface area contributed by atoms with Crippen molar-refractivity contribution in [3.8, 4) is 11.5 Å². The fourth-order valence-electron chi connectivity index (χ4n) is 4.77. The Morgan fingerprint density at radius 2 is 1.51 bits per heavy atom. The molecular weight excluding hydrogens is 488 g/mol. The molecule has 2 N–H and O–H groups in total. The molecule has 0 bridgehead atoms. The molecule has 0 spiro atoms. The normalized spacial score (nSPS) is 15.8. The summed E-state index contributed by atoms with van der Waals surface area (Å²) >= 11 is 1.53. The van der Waals surface area contributed by atoms with Gasteiger partial charge in [0.1, 0.15) is 28.4 Å². The number of methoxy groups -OCH3 is 2. The van der Waals surface area contributed by atoms with Crippen LogP contribution in [-0.2, 0) is 0 Å². The number of nitrogens with one attached hydrogen (secondary N) is 1. The number of imidazole rings is 1. The lowest BCUT2D eigenvalue weighted by molar-refractivity contribution is 0.0708. The second-order valence-electron chi connectivity index (χ2n) is 9.03. The fourth-order valence-corrected chi connectivity index (χ4v) is 5.64. The molecule has 0 radical (unpaired) electrons. The van der Waals surface area contributed by atoms with Gasteiger partial charge in [0.2, 0.25) is 0 Å². The Balaban J connectivity index is 1.21. The van der Waals surface area contributed by atoms with Crippen molar-refractivity contribution in [1.29, 1.82) is 0 Å². The van der Waals surface area contributed by atoms with Crippen LogP contribution in [0.25, 0.3) is 11.2 Å². The van der Waals surface area contributed by atoms with Gasteiger partial charge in [0.15, 0.2) is 5.65 Å². The summed E-state index contributed by atoms with van der Waals surface area (Å²) in [7, 11) is 3.38. The van der Waals surface area contributed by atoms with Crippen molar-refractivity contribution in [3.63, 3.8) is 0 Å². The highest BCUT2D eigenvalue weighted by Gasteiger charge is 2.27. The molecule has 3 heterocycles. The average molecular weight is 521 g/mol. The minimum absolute atomic E-state index is 0.133. The van der Waals surface area contributed by atoms with Crippen molar-refractivity contribution in [2.75, 3.05) is 52.7 Å². The van der Waals surface area contributed by atoms with Crippen molar-refractivity contribution in [2.24, 2.45) is 0 Å². The Morgan fingerprint density at radius 3 is 2.11 bits per heavy atom. The Kier molecular flexibility index (Phi) is 8.20. The maximum absolute atomic E-state index is 10.7. The first-order chi connectivity index (χ1) is 18.1. The third-order valence-electron chi connectivity index (χ3n) is 6.70. The summed E-state index contributed by atoms with van der Waals surface area (Å²) in [5, 5.41) is 11.6. The van der Waals surface area contributed by atoms with Crippen LogP contribution in [0, 0.1) is 0 Å². The molecule has 1 aliphatic heterocycles. The van der Waals surface area contributed by atoms with Gasteiger partial charge in [0, 0.05) is 38.5 Å². The third kappa shape index (κ3) is 6.04. The Labute approximate surface area is 220 Å². The lowest BCUT2D eigenvalue weighted by Gasteiger charge is -2.40. The minimum Gasteiger partial charge on any atom is -0.497 e. The number of hydrogen-bond donors (Lipinski definition) is 2.